The van der Waals surface area contributed by atoms with Gasteiger partial charge >= 0.3 is 0 Å². The number of nitrogens with one attached hydrogen (secondary N) is 3. The molecule has 1 saturated heterocycles. The van der Waals surface area contributed by atoms with E-state index in [4.69, 9.17) is 0 Å². The molecule has 0 saturated carbocycles. The van der Waals surface area contributed by atoms with Crippen LogP contribution in [0.3, 0.4) is 0 Å². The van der Waals surface area contributed by atoms with Gasteiger partial charge in [0.15, 0.2) is 5.03 Å². The van der Waals surface area contributed by atoms with E-state index >= 15 is 0 Å². The Labute approximate surface area is 101 Å². The molecule has 0 radical (unpaired) electrons. The minimum absolute atomic E-state index is 0.120. The molecule has 0 spiro atoms. The second-order valence-electron chi connectivity index (χ2n) is 4.52. The molecule has 1 aliphatic rings. The molecule has 7 heteroatoms. The molecular formula is C10H18N4O2S. The molecule has 96 valence electrons. The van der Waals surface area contributed by atoms with Crippen LogP contribution in [-0.4, -0.2) is 37.5 Å². The first kappa shape index (κ1) is 12.5. The summed E-state index contributed by atoms with van der Waals surface area (Å²) >= 11 is 0. The summed E-state index contributed by atoms with van der Waals surface area (Å²) in [4.78, 5) is 6.30. The number of hydrogen-bond acceptors (Lipinski definition) is 4. The smallest absolute Gasteiger partial charge is 0.257 e. The van der Waals surface area contributed by atoms with Crippen molar-refractivity contribution in [3.05, 3.63) is 12.5 Å². The number of piperidine rings is 1. The fourth-order valence-electron chi connectivity index (χ4n) is 1.93. The standard InChI is InChI=1S/C10H18N4O2S/c1-8-2-3-9(4-12-8)5-14-17(15,16)10-6-11-7-13-10/h6-9,12,14H,2-5H2,1H3,(H,11,13). The van der Waals surface area contributed by atoms with Gasteiger partial charge in [-0.25, -0.2) is 18.1 Å². The number of sulfonamides is 1. The van der Waals surface area contributed by atoms with Crippen LogP contribution >= 0.6 is 0 Å². The highest BCUT2D eigenvalue weighted by atomic mass is 32.2. The minimum Gasteiger partial charge on any atom is -0.335 e. The number of rotatable bonds is 4. The number of aromatic amines is 1. The van der Waals surface area contributed by atoms with Crippen LogP contribution in [0.25, 0.3) is 0 Å². The minimum atomic E-state index is -3.43. The Morgan fingerprint density at radius 1 is 1.53 bits per heavy atom. The monoisotopic (exact) mass is 258 g/mol. The maximum atomic E-state index is 11.8. The van der Waals surface area contributed by atoms with Gasteiger partial charge in [-0.05, 0) is 32.2 Å². The fourth-order valence-corrected chi connectivity index (χ4v) is 2.95. The summed E-state index contributed by atoms with van der Waals surface area (Å²) in [6, 6.07) is 0.537. The fraction of sp³-hybridized carbons (Fsp3) is 0.700. The Morgan fingerprint density at radius 3 is 2.94 bits per heavy atom. The molecule has 2 unspecified atom stereocenters. The molecule has 17 heavy (non-hydrogen) atoms. The van der Waals surface area contributed by atoms with Gasteiger partial charge in [-0.1, -0.05) is 0 Å². The second kappa shape index (κ2) is 5.16. The zero-order chi connectivity index (χ0) is 12.3. The Kier molecular flexibility index (Phi) is 3.80. The lowest BCUT2D eigenvalue weighted by Gasteiger charge is -2.27. The third kappa shape index (κ3) is 3.27. The molecule has 1 aliphatic heterocycles. The van der Waals surface area contributed by atoms with Crippen LogP contribution in [0.4, 0.5) is 0 Å². The van der Waals surface area contributed by atoms with Crippen LogP contribution < -0.4 is 10.0 Å². The van der Waals surface area contributed by atoms with Gasteiger partial charge < -0.3 is 10.3 Å². The topological polar surface area (TPSA) is 86.9 Å². The quantitative estimate of drug-likeness (QED) is 0.713. The summed E-state index contributed by atoms with van der Waals surface area (Å²) in [5.74, 6) is 0.365. The zero-order valence-corrected chi connectivity index (χ0v) is 10.6. The summed E-state index contributed by atoms with van der Waals surface area (Å²) in [6.45, 7) is 3.48. The number of H-pyrrole nitrogens is 1. The first-order valence-corrected chi connectivity index (χ1v) is 7.27. The van der Waals surface area contributed by atoms with E-state index in [0.29, 0.717) is 18.5 Å². The molecule has 3 N–H and O–H groups in total. The van der Waals surface area contributed by atoms with Crippen LogP contribution in [0.5, 0.6) is 0 Å². The normalized spacial score (nSPS) is 25.9. The first-order chi connectivity index (χ1) is 8.08. The molecular weight excluding hydrogens is 240 g/mol. The Morgan fingerprint density at radius 2 is 2.35 bits per heavy atom. The predicted octanol–water partition coefficient (Wildman–Crippen LogP) is 0.0761. The van der Waals surface area contributed by atoms with Crippen LogP contribution in [0.15, 0.2) is 17.6 Å². The lowest BCUT2D eigenvalue weighted by atomic mass is 9.96. The van der Waals surface area contributed by atoms with Gasteiger partial charge in [-0.2, -0.15) is 0 Å². The van der Waals surface area contributed by atoms with E-state index in [1.54, 1.807) is 0 Å². The highest BCUT2D eigenvalue weighted by Crippen LogP contribution is 2.14. The van der Waals surface area contributed by atoms with E-state index in [0.717, 1.165) is 19.4 Å². The van der Waals surface area contributed by atoms with Crippen molar-refractivity contribution < 1.29 is 8.42 Å². The Bertz CT molecular complexity index is 435. The van der Waals surface area contributed by atoms with Gasteiger partial charge in [0.25, 0.3) is 10.0 Å². The van der Waals surface area contributed by atoms with E-state index in [-0.39, 0.29) is 5.03 Å². The summed E-state index contributed by atoms with van der Waals surface area (Å²) in [7, 11) is -3.43. The number of imidazole rings is 1. The van der Waals surface area contributed by atoms with Crippen molar-refractivity contribution >= 4 is 10.0 Å². The van der Waals surface area contributed by atoms with Gasteiger partial charge in [-0.3, -0.25) is 0 Å². The van der Waals surface area contributed by atoms with Crippen LogP contribution in [0, 0.1) is 5.92 Å². The average Bonchev–Trinajstić information content (AvgIpc) is 2.82. The van der Waals surface area contributed by atoms with Gasteiger partial charge in [0, 0.05) is 12.6 Å². The average molecular weight is 258 g/mol. The van der Waals surface area contributed by atoms with Crippen molar-refractivity contribution in [1.82, 2.24) is 20.0 Å². The van der Waals surface area contributed by atoms with Crippen molar-refractivity contribution in [3.63, 3.8) is 0 Å². The molecule has 6 nitrogen and oxygen atoms in total. The number of hydrogen-bond donors (Lipinski definition) is 3. The van der Waals surface area contributed by atoms with Gasteiger partial charge in [-0.15, -0.1) is 0 Å². The highest BCUT2D eigenvalue weighted by molar-refractivity contribution is 7.89. The second-order valence-corrected chi connectivity index (χ2v) is 6.26. The maximum absolute atomic E-state index is 11.8. The molecule has 0 amide bonds. The SMILES string of the molecule is CC1CCC(CNS(=O)(=O)c2cnc[nH]2)CN1. The van der Waals surface area contributed by atoms with Crippen molar-refractivity contribution in [3.8, 4) is 0 Å². The molecule has 2 heterocycles. The van der Waals surface area contributed by atoms with Crippen LogP contribution in [0.2, 0.25) is 0 Å². The van der Waals surface area contributed by atoms with Gasteiger partial charge in [0.1, 0.15) is 0 Å². The first-order valence-electron chi connectivity index (χ1n) is 5.79. The van der Waals surface area contributed by atoms with Crippen molar-refractivity contribution in [2.24, 2.45) is 5.92 Å². The third-order valence-electron chi connectivity index (χ3n) is 3.09. The summed E-state index contributed by atoms with van der Waals surface area (Å²) in [6.07, 6.45) is 4.82. The maximum Gasteiger partial charge on any atom is 0.257 e. The van der Waals surface area contributed by atoms with E-state index in [1.165, 1.54) is 12.5 Å². The summed E-state index contributed by atoms with van der Waals surface area (Å²) in [5, 5.41) is 3.47. The lowest BCUT2D eigenvalue weighted by Crippen LogP contribution is -2.41. The predicted molar refractivity (Wildman–Crippen MR) is 64.0 cm³/mol. The number of aromatic nitrogens is 2. The van der Waals surface area contributed by atoms with Crippen LogP contribution in [-0.2, 0) is 10.0 Å². The van der Waals surface area contributed by atoms with Gasteiger partial charge in [0.05, 0.1) is 12.5 Å². The van der Waals surface area contributed by atoms with E-state index in [2.05, 4.69) is 26.9 Å². The van der Waals surface area contributed by atoms with Crippen LogP contribution in [0.1, 0.15) is 19.8 Å². The molecule has 0 aliphatic carbocycles. The van der Waals surface area contributed by atoms with E-state index in [1.807, 2.05) is 0 Å². The molecule has 1 aromatic heterocycles. The Hall–Kier alpha value is -0.920. The van der Waals surface area contributed by atoms with Crippen molar-refractivity contribution in [2.45, 2.75) is 30.8 Å². The molecule has 2 rings (SSSR count). The van der Waals surface area contributed by atoms with E-state index in [9.17, 15) is 8.42 Å². The Balaban J connectivity index is 1.86. The summed E-state index contributed by atoms with van der Waals surface area (Å²) < 4.78 is 26.2. The van der Waals surface area contributed by atoms with Crippen molar-refractivity contribution in [1.29, 1.82) is 0 Å². The number of nitrogens with zero attached hydrogens (tertiary/aromatic N) is 1. The molecule has 0 bridgehead atoms. The molecule has 1 fully saturated rings. The zero-order valence-electron chi connectivity index (χ0n) is 9.81. The third-order valence-corrected chi connectivity index (χ3v) is 4.44. The summed E-state index contributed by atoms with van der Waals surface area (Å²) in [5.41, 5.74) is 0. The van der Waals surface area contributed by atoms with E-state index < -0.39 is 10.0 Å². The molecule has 1 aromatic rings. The van der Waals surface area contributed by atoms with Crippen molar-refractivity contribution in [2.75, 3.05) is 13.1 Å². The molecule has 0 aromatic carbocycles. The largest absolute Gasteiger partial charge is 0.335 e. The van der Waals surface area contributed by atoms with Gasteiger partial charge in [0.2, 0.25) is 0 Å². The lowest BCUT2D eigenvalue weighted by molar-refractivity contribution is 0.323. The molecule has 2 atom stereocenters. The highest BCUT2D eigenvalue weighted by Gasteiger charge is 2.21.